The van der Waals surface area contributed by atoms with E-state index in [4.69, 9.17) is 27.2 Å². The Hall–Kier alpha value is -1.99. The molecule has 1 amide bonds. The summed E-state index contributed by atoms with van der Waals surface area (Å²) in [4.78, 5) is 25.8. The number of anilines is 1. The second-order valence-electron chi connectivity index (χ2n) is 8.11. The summed E-state index contributed by atoms with van der Waals surface area (Å²) in [6, 6.07) is 3.87. The van der Waals surface area contributed by atoms with Crippen molar-refractivity contribution in [2.75, 3.05) is 25.9 Å². The Bertz CT molecular complexity index is 744. The van der Waals surface area contributed by atoms with Gasteiger partial charge in [0.25, 0.3) is 5.91 Å². The number of halogens is 1. The highest BCUT2D eigenvalue weighted by molar-refractivity contribution is 6.33. The van der Waals surface area contributed by atoms with Crippen molar-refractivity contribution < 1.29 is 19.4 Å². The summed E-state index contributed by atoms with van der Waals surface area (Å²) in [5.74, 6) is 0.0361. The number of piperidine rings is 2. The van der Waals surface area contributed by atoms with Crippen molar-refractivity contribution >= 4 is 29.2 Å². The average Bonchev–Trinajstić information content (AvgIpc) is 2.66. The van der Waals surface area contributed by atoms with E-state index in [0.717, 1.165) is 38.5 Å². The maximum Gasteiger partial charge on any atom is 0.317 e. The number of hydrogen-bond donors (Lipinski definition) is 3. The van der Waals surface area contributed by atoms with Crippen LogP contribution in [-0.2, 0) is 4.79 Å². The number of carboxylic acids is 1. The number of carbonyl (C=O) groups excluding carboxylic acids is 1. The lowest BCUT2D eigenvalue weighted by Gasteiger charge is -2.48. The van der Waals surface area contributed by atoms with Gasteiger partial charge in [-0.1, -0.05) is 18.0 Å². The highest BCUT2D eigenvalue weighted by Crippen LogP contribution is 2.38. The van der Waals surface area contributed by atoms with Crippen LogP contribution in [0.25, 0.3) is 0 Å². The Morgan fingerprint density at radius 2 is 2.00 bits per heavy atom. The van der Waals surface area contributed by atoms with Crippen LogP contribution < -0.4 is 15.8 Å². The zero-order valence-electron chi connectivity index (χ0n) is 16.8. The summed E-state index contributed by atoms with van der Waals surface area (Å²) >= 11 is 6.04. The molecule has 2 aliphatic heterocycles. The first-order valence-electron chi connectivity index (χ1n) is 10.3. The van der Waals surface area contributed by atoms with Crippen molar-refractivity contribution in [3.63, 3.8) is 0 Å². The molecule has 1 aromatic carbocycles. The van der Waals surface area contributed by atoms with Gasteiger partial charge in [0, 0.05) is 24.7 Å². The van der Waals surface area contributed by atoms with Crippen LogP contribution in [0.3, 0.4) is 0 Å². The van der Waals surface area contributed by atoms with Crippen LogP contribution in [0.1, 0.15) is 55.3 Å². The molecule has 160 valence electrons. The molecule has 3 rings (SSSR count). The summed E-state index contributed by atoms with van der Waals surface area (Å²) in [5.41, 5.74) is 6.52. The molecule has 1 aromatic rings. The molecule has 2 aliphatic rings. The topological polar surface area (TPSA) is 105 Å². The maximum absolute atomic E-state index is 12.5. The monoisotopic (exact) mass is 423 g/mol. The van der Waals surface area contributed by atoms with E-state index in [0.29, 0.717) is 46.6 Å². The van der Waals surface area contributed by atoms with E-state index in [-0.39, 0.29) is 12.5 Å². The molecule has 2 heterocycles. The zero-order chi connectivity index (χ0) is 21.0. The quantitative estimate of drug-likeness (QED) is 0.438. The molecule has 0 spiro atoms. The van der Waals surface area contributed by atoms with Crippen molar-refractivity contribution in [2.45, 2.75) is 57.0 Å². The average molecular weight is 424 g/mol. The molecule has 0 aromatic heterocycles. The summed E-state index contributed by atoms with van der Waals surface area (Å²) in [5, 5.41) is 12.4. The highest BCUT2D eigenvalue weighted by Gasteiger charge is 2.38. The number of benzene rings is 1. The first-order valence-corrected chi connectivity index (χ1v) is 10.7. The van der Waals surface area contributed by atoms with Gasteiger partial charge in [0.05, 0.1) is 29.9 Å². The largest absolute Gasteiger partial charge is 0.496 e. The summed E-state index contributed by atoms with van der Waals surface area (Å²) in [7, 11) is 1.49. The first-order chi connectivity index (χ1) is 13.9. The van der Waals surface area contributed by atoms with Gasteiger partial charge in [0.15, 0.2) is 0 Å². The number of nitrogens with one attached hydrogen (secondary N) is 1. The van der Waals surface area contributed by atoms with Crippen LogP contribution in [0, 0.1) is 5.92 Å². The van der Waals surface area contributed by atoms with Gasteiger partial charge in [0.2, 0.25) is 0 Å². The van der Waals surface area contributed by atoms with Gasteiger partial charge in [0.1, 0.15) is 5.75 Å². The van der Waals surface area contributed by atoms with E-state index < -0.39 is 5.97 Å². The second-order valence-corrected chi connectivity index (χ2v) is 8.52. The third kappa shape index (κ3) is 5.34. The van der Waals surface area contributed by atoms with E-state index in [1.165, 1.54) is 19.6 Å². The van der Waals surface area contributed by atoms with Crippen LogP contribution in [0.15, 0.2) is 12.1 Å². The number of methoxy groups -OCH3 is 1. The van der Waals surface area contributed by atoms with Crippen LogP contribution in [0.2, 0.25) is 5.02 Å². The number of nitrogens with two attached hydrogens (primary N) is 1. The number of amides is 1. The Morgan fingerprint density at radius 3 is 2.62 bits per heavy atom. The Morgan fingerprint density at radius 1 is 1.31 bits per heavy atom. The maximum atomic E-state index is 12.5. The van der Waals surface area contributed by atoms with Gasteiger partial charge in [-0.05, 0) is 50.5 Å². The number of nitrogens with zero attached hydrogens (tertiary/aromatic N) is 1. The van der Waals surface area contributed by atoms with Gasteiger partial charge < -0.3 is 20.9 Å². The number of nitrogen functional groups attached to an aromatic ring is 1. The van der Waals surface area contributed by atoms with E-state index in [9.17, 15) is 9.59 Å². The lowest BCUT2D eigenvalue weighted by atomic mass is 9.76. The van der Waals surface area contributed by atoms with E-state index in [2.05, 4.69) is 10.2 Å². The number of aliphatic carboxylic acids is 1. The molecular weight excluding hydrogens is 394 g/mol. The Labute approximate surface area is 176 Å². The van der Waals surface area contributed by atoms with Crippen LogP contribution in [0.5, 0.6) is 5.75 Å². The number of hydrogen-bond acceptors (Lipinski definition) is 5. The molecular formula is C21H30ClN3O4. The summed E-state index contributed by atoms with van der Waals surface area (Å²) < 4.78 is 5.24. The van der Waals surface area contributed by atoms with Gasteiger partial charge in [-0.2, -0.15) is 0 Å². The Balaban J connectivity index is 1.47. The second kappa shape index (κ2) is 9.67. The fourth-order valence-corrected chi connectivity index (χ4v) is 5.01. The van der Waals surface area contributed by atoms with Crippen molar-refractivity contribution in [1.82, 2.24) is 10.2 Å². The van der Waals surface area contributed by atoms with Crippen LogP contribution in [-0.4, -0.2) is 54.2 Å². The van der Waals surface area contributed by atoms with Gasteiger partial charge in [-0.3, -0.25) is 14.5 Å². The molecule has 0 aliphatic carbocycles. The normalized spacial score (nSPS) is 24.1. The van der Waals surface area contributed by atoms with E-state index in [1.807, 2.05) is 0 Å². The first kappa shape index (κ1) is 21.7. The minimum absolute atomic E-state index is 0.157. The molecule has 29 heavy (non-hydrogen) atoms. The van der Waals surface area contributed by atoms with Crippen molar-refractivity contribution in [3.8, 4) is 5.75 Å². The number of ether oxygens (including phenoxy) is 1. The van der Waals surface area contributed by atoms with Gasteiger partial charge >= 0.3 is 5.97 Å². The number of carbonyl (C=O) groups is 2. The number of rotatable bonds is 8. The molecule has 2 saturated heterocycles. The predicted molar refractivity (Wildman–Crippen MR) is 112 cm³/mol. The Kier molecular flexibility index (Phi) is 7.24. The molecule has 7 nitrogen and oxygen atoms in total. The highest BCUT2D eigenvalue weighted by atomic mass is 35.5. The number of fused-ring (bicyclic) bond motifs is 2. The van der Waals surface area contributed by atoms with E-state index in [1.54, 1.807) is 6.07 Å². The van der Waals surface area contributed by atoms with Gasteiger partial charge in [-0.15, -0.1) is 0 Å². The molecule has 4 N–H and O–H groups in total. The minimum atomic E-state index is -0.735. The molecule has 8 heteroatoms. The van der Waals surface area contributed by atoms with E-state index >= 15 is 0 Å². The molecule has 0 radical (unpaired) electrons. The smallest absolute Gasteiger partial charge is 0.317 e. The fraction of sp³-hybridized carbons (Fsp3) is 0.619. The lowest BCUT2D eigenvalue weighted by molar-refractivity contribution is -0.141. The molecule has 2 unspecified atom stereocenters. The molecule has 2 atom stereocenters. The molecule has 2 fully saturated rings. The van der Waals surface area contributed by atoms with Crippen molar-refractivity contribution in [1.29, 1.82) is 0 Å². The lowest BCUT2D eigenvalue weighted by Crippen LogP contribution is -2.53. The third-order valence-electron chi connectivity index (χ3n) is 6.18. The minimum Gasteiger partial charge on any atom is -0.496 e. The summed E-state index contributed by atoms with van der Waals surface area (Å²) in [6.45, 7) is 0.735. The standard InChI is InChI=1S/C21H30ClN3O4/c1-29-19-11-18(23)17(22)10-16(19)21(28)24-7-3-4-13-8-14-5-2-6-15(9-13)25(14)12-20(26)27/h10-11,13-15H,2-9,12,23H2,1H3,(H,24,28)(H,26,27). The van der Waals surface area contributed by atoms with Crippen molar-refractivity contribution in [3.05, 3.63) is 22.7 Å². The van der Waals surface area contributed by atoms with Gasteiger partial charge in [-0.25, -0.2) is 0 Å². The number of carboxylic acid groups (broad SMARTS) is 1. The predicted octanol–water partition coefficient (Wildman–Crippen LogP) is 3.16. The van der Waals surface area contributed by atoms with Crippen LogP contribution >= 0.6 is 11.6 Å². The third-order valence-corrected chi connectivity index (χ3v) is 6.51. The fourth-order valence-electron chi connectivity index (χ4n) is 4.84. The molecule has 2 bridgehead atoms. The SMILES string of the molecule is COc1cc(N)c(Cl)cc1C(=O)NCCCC1CC2CCCC(C1)N2CC(=O)O. The van der Waals surface area contributed by atoms with Crippen LogP contribution in [0.4, 0.5) is 5.69 Å². The van der Waals surface area contributed by atoms with Crippen molar-refractivity contribution in [2.24, 2.45) is 5.92 Å². The zero-order valence-corrected chi connectivity index (χ0v) is 17.6. The summed E-state index contributed by atoms with van der Waals surface area (Å²) in [6.07, 6.45) is 7.41. The molecule has 0 saturated carbocycles.